The summed E-state index contributed by atoms with van der Waals surface area (Å²) >= 11 is 0. The van der Waals surface area contributed by atoms with Crippen molar-refractivity contribution in [3.63, 3.8) is 0 Å². The number of aromatic nitrogens is 3. The van der Waals surface area contributed by atoms with Gasteiger partial charge in [0, 0.05) is 27.9 Å². The van der Waals surface area contributed by atoms with E-state index in [4.69, 9.17) is 0 Å². The molecule has 2 N–H and O–H groups in total. The van der Waals surface area contributed by atoms with Crippen molar-refractivity contribution in [2.24, 2.45) is 0 Å². The zero-order valence-corrected chi connectivity index (χ0v) is 54.1. The highest BCUT2D eigenvalue weighted by atomic mass is 15.3. The third-order valence-electron chi connectivity index (χ3n) is 18.8. The molecule has 92 heavy (non-hydrogen) atoms. The van der Waals surface area contributed by atoms with Crippen molar-refractivity contribution in [3.05, 3.63) is 355 Å². The maximum absolute atomic E-state index is 2.44. The first-order valence-corrected chi connectivity index (χ1v) is 32.5. The van der Waals surface area contributed by atoms with Crippen LogP contribution >= 0.6 is 0 Å². The quantitative estimate of drug-likeness (QED) is 0.109. The summed E-state index contributed by atoms with van der Waals surface area (Å²) in [5.41, 5.74) is 28.7. The molecule has 3 unspecified atom stereocenters. The Bertz CT molecular complexity index is 4800. The minimum Gasteiger partial charge on any atom is -0.342 e. The molecule has 0 amide bonds. The van der Waals surface area contributed by atoms with Crippen LogP contribution in [-0.2, 0) is 13.1 Å². The van der Waals surface area contributed by atoms with E-state index in [1.54, 1.807) is 0 Å². The molecule has 0 saturated heterocycles. The molecule has 0 spiro atoms. The lowest BCUT2D eigenvalue weighted by Crippen LogP contribution is -3.03. The monoisotopic (exact) mass is 1200 g/mol. The number of benzene rings is 10. The Morgan fingerprint density at radius 3 is 1.36 bits per heavy atom. The van der Waals surface area contributed by atoms with Gasteiger partial charge in [0.2, 0.25) is 13.3 Å². The number of rotatable bonds is 9. The van der Waals surface area contributed by atoms with Crippen LogP contribution in [0, 0.1) is 61.5 Å². The van der Waals surface area contributed by atoms with Crippen LogP contribution in [-0.4, -0.2) is 0 Å². The largest absolute Gasteiger partial charge is 0.342 e. The van der Waals surface area contributed by atoms with Crippen molar-refractivity contribution >= 4 is 38.6 Å². The molecule has 0 aliphatic carbocycles. The fraction of sp³-hybridized carbons (Fsp3) is 0.140. The van der Waals surface area contributed by atoms with Crippen LogP contribution in [0.25, 0.3) is 66.4 Å². The summed E-state index contributed by atoms with van der Waals surface area (Å²) in [6, 6.07) is 99.0. The topological polar surface area (TPSA) is 23.8 Å². The first-order chi connectivity index (χ1) is 44.9. The van der Waals surface area contributed by atoms with Crippen LogP contribution in [0.2, 0.25) is 0 Å². The Hall–Kier alpha value is -10.5. The van der Waals surface area contributed by atoms with Crippen molar-refractivity contribution in [3.8, 4) is 44.9 Å². The Morgan fingerprint density at radius 2 is 0.815 bits per heavy atom. The molecule has 3 aromatic heterocycles. The second-order valence-electron chi connectivity index (χ2n) is 25.5. The maximum Gasteiger partial charge on any atom is 0.240 e. The fourth-order valence-electron chi connectivity index (χ4n) is 14.8. The summed E-state index contributed by atoms with van der Waals surface area (Å²) in [7, 11) is 0. The van der Waals surface area contributed by atoms with Gasteiger partial charge in [0.15, 0.2) is 0 Å². The van der Waals surface area contributed by atoms with Gasteiger partial charge in [-0.15, -0.1) is 0 Å². The van der Waals surface area contributed by atoms with Gasteiger partial charge in [-0.25, -0.2) is 0 Å². The number of nitrogens with one attached hydrogen (secondary N) is 2. The van der Waals surface area contributed by atoms with Gasteiger partial charge in [-0.3, -0.25) is 18.9 Å². The van der Waals surface area contributed by atoms with Crippen LogP contribution in [0.5, 0.6) is 0 Å². The second-order valence-corrected chi connectivity index (χ2v) is 25.5. The van der Waals surface area contributed by atoms with Gasteiger partial charge in [-0.1, -0.05) is 249 Å². The lowest BCUT2D eigenvalue weighted by atomic mass is 9.92. The van der Waals surface area contributed by atoms with Crippen molar-refractivity contribution in [1.29, 1.82) is 0 Å². The molecule has 3 aliphatic heterocycles. The highest BCUT2D eigenvalue weighted by Crippen LogP contribution is 2.42. The molecule has 6 heterocycles. The predicted molar refractivity (Wildman–Crippen MR) is 377 cm³/mol. The summed E-state index contributed by atoms with van der Waals surface area (Å²) in [5, 5.41) is 5.10. The lowest BCUT2D eigenvalue weighted by Gasteiger charge is -2.28. The van der Waals surface area contributed by atoms with E-state index in [1.807, 2.05) is 0 Å². The van der Waals surface area contributed by atoms with E-state index < -0.39 is 0 Å². The van der Waals surface area contributed by atoms with E-state index in [1.165, 1.54) is 155 Å². The molecular weight excluding hydrogens is 1120 g/mol. The molecule has 16 rings (SSSR count). The molecule has 6 heteroatoms. The number of quaternary nitrogens is 2. The molecule has 10 aromatic carbocycles. The van der Waals surface area contributed by atoms with Crippen molar-refractivity contribution in [2.45, 2.75) is 80.4 Å². The minimum atomic E-state index is 0.0243. The number of hydrogen-bond acceptors (Lipinski definition) is 1. The van der Waals surface area contributed by atoms with Crippen molar-refractivity contribution < 1.29 is 23.5 Å². The summed E-state index contributed by atoms with van der Waals surface area (Å²) in [6.45, 7) is 26.7. The van der Waals surface area contributed by atoms with E-state index >= 15 is 0 Å². The molecular formula is C86H80N6+2. The van der Waals surface area contributed by atoms with E-state index in [-0.39, 0.29) is 6.04 Å². The first kappa shape index (κ1) is 59.1. The fourth-order valence-corrected chi connectivity index (χ4v) is 14.8. The van der Waals surface area contributed by atoms with E-state index in [0.717, 1.165) is 13.1 Å². The number of hydrogen-bond donors (Lipinski definition) is 2. The Morgan fingerprint density at radius 1 is 0.391 bits per heavy atom. The molecule has 13 aromatic rings. The standard InChI is InChI=1S/C38H32N2.C26H25N2.C22H23N2/c1-27(2)28-22-24-31(25-23-28)39-26-40-36(34-19-10-15-30-14-6-7-16-32(30)34)20-11-21-37(40)38(39)35-18-9-8-17-33(35)29-12-4-3-5-13-29;1-18-14-19(2)26(20(3)15-18)27-16-22-10-7-13-25(28(22)17-27)24-12-6-9-21-8-4-5-11-23(21)24;1-16-12-17(2)22(18(3)13-16)23-14-20-10-7-11-21(24(20)15-23)19-8-5-4-6-9-19/h3-27,38H,1-2H3;4-15,17,27H,16H2,1-3H3;4-13,15,23H,14H2,1-3H3/q;2*+1. The van der Waals surface area contributed by atoms with Crippen molar-refractivity contribution in [2.75, 3.05) is 4.90 Å². The van der Waals surface area contributed by atoms with Crippen LogP contribution in [0.1, 0.15) is 87.4 Å². The van der Waals surface area contributed by atoms with E-state index in [9.17, 15) is 0 Å². The third kappa shape index (κ3) is 11.5. The molecule has 3 aliphatic rings. The maximum atomic E-state index is 2.44. The SMILES string of the molecule is CC(C)c1ccc(N2[CH-][n+]3c(-c4cccc5ccccc45)cccc3C2c2ccccc2-c2ccccc2)cc1.Cc1cc(C)c([NH+]2[CH-][n+]3c(cccc3-c3cccc4ccccc34)C2)c(C)c1.Cc1cc(C)c([NH+]2[CH-][n+]3c(cccc3-c3ccccc3)C2)c(C)c1. The molecule has 3 atom stereocenters. The smallest absolute Gasteiger partial charge is 0.240 e. The predicted octanol–water partition coefficient (Wildman–Crippen LogP) is 16.8. The van der Waals surface area contributed by atoms with Gasteiger partial charge in [0.05, 0.1) is 6.04 Å². The van der Waals surface area contributed by atoms with Gasteiger partial charge in [-0.05, 0) is 156 Å². The normalized spacial score (nSPS) is 15.1. The number of anilines is 1. The van der Waals surface area contributed by atoms with Gasteiger partial charge in [0.1, 0.15) is 65.3 Å². The average Bonchev–Trinajstić information content (AvgIpc) is 1.58. The number of pyridine rings is 3. The third-order valence-corrected chi connectivity index (χ3v) is 18.8. The van der Waals surface area contributed by atoms with Gasteiger partial charge < -0.3 is 9.47 Å². The highest BCUT2D eigenvalue weighted by molar-refractivity contribution is 5.96. The van der Waals surface area contributed by atoms with Crippen LogP contribution in [0.15, 0.2) is 273 Å². The summed E-state index contributed by atoms with van der Waals surface area (Å²) in [5.74, 6) is 0.496. The Labute approximate surface area is 543 Å². The van der Waals surface area contributed by atoms with Crippen LogP contribution in [0.4, 0.5) is 17.1 Å². The minimum absolute atomic E-state index is 0.0243. The Balaban J connectivity index is 0.000000125. The summed E-state index contributed by atoms with van der Waals surface area (Å²) in [4.78, 5) is 5.26. The summed E-state index contributed by atoms with van der Waals surface area (Å²) < 4.78 is 7.13. The molecule has 0 fully saturated rings. The van der Waals surface area contributed by atoms with E-state index in [2.05, 4.69) is 367 Å². The van der Waals surface area contributed by atoms with Gasteiger partial charge in [-0.2, -0.15) is 0 Å². The first-order valence-electron chi connectivity index (χ1n) is 32.5. The Kier molecular flexibility index (Phi) is 16.3. The number of nitrogens with zero attached hydrogens (tertiary/aromatic N) is 4. The number of fused-ring (bicyclic) bond motifs is 5. The zero-order valence-electron chi connectivity index (χ0n) is 54.1. The van der Waals surface area contributed by atoms with Crippen molar-refractivity contribution in [1.82, 2.24) is 0 Å². The van der Waals surface area contributed by atoms with Crippen LogP contribution < -0.4 is 28.4 Å². The number of aryl methyl sites for hydroxylation is 6. The molecule has 452 valence electrons. The van der Waals surface area contributed by atoms with Gasteiger partial charge in [0.25, 0.3) is 0 Å². The zero-order chi connectivity index (χ0) is 63.0. The average molecular weight is 1200 g/mol. The summed E-state index contributed by atoms with van der Waals surface area (Å²) in [6.07, 6.45) is 0. The van der Waals surface area contributed by atoms with Gasteiger partial charge >= 0.3 is 0 Å². The van der Waals surface area contributed by atoms with Crippen LogP contribution in [0.3, 0.4) is 0 Å². The highest BCUT2D eigenvalue weighted by Gasteiger charge is 2.37. The molecule has 0 bridgehead atoms. The van der Waals surface area contributed by atoms with E-state index in [0.29, 0.717) is 5.92 Å². The molecule has 6 nitrogen and oxygen atoms in total. The molecule has 0 radical (unpaired) electrons. The molecule has 0 saturated carbocycles. The lowest BCUT2D eigenvalue weighted by molar-refractivity contribution is -0.881. The second kappa shape index (κ2) is 25.4.